The molecule has 0 aromatic carbocycles. The van der Waals surface area contributed by atoms with Gasteiger partial charge in [-0.05, 0) is 25.5 Å². The first-order valence-electron chi connectivity index (χ1n) is 6.30. The smallest absolute Gasteiger partial charge is 0.435 e. The summed E-state index contributed by atoms with van der Waals surface area (Å²) in [5.41, 5.74) is -0.936. The summed E-state index contributed by atoms with van der Waals surface area (Å²) in [6, 6.07) is 0.366. The molecule has 0 aliphatic carbocycles. The second kappa shape index (κ2) is 7.28. The van der Waals surface area contributed by atoms with Crippen molar-refractivity contribution in [3.8, 4) is 0 Å². The van der Waals surface area contributed by atoms with Crippen LogP contribution in [0.1, 0.15) is 25.5 Å². The van der Waals surface area contributed by atoms with Crippen molar-refractivity contribution >= 4 is 5.97 Å². The summed E-state index contributed by atoms with van der Waals surface area (Å²) in [6.45, 7) is 2.78. The summed E-state index contributed by atoms with van der Waals surface area (Å²) in [7, 11) is 1.28. The number of halogens is 3. The van der Waals surface area contributed by atoms with Crippen LogP contribution in [0, 0.1) is 0 Å². The fraction of sp³-hybridized carbons (Fsp3) is 0.667. The van der Waals surface area contributed by atoms with Crippen molar-refractivity contribution in [3.05, 3.63) is 18.0 Å². The maximum absolute atomic E-state index is 12.4. The normalized spacial score (nSPS) is 13.2. The van der Waals surface area contributed by atoms with Gasteiger partial charge in [0.15, 0.2) is 5.69 Å². The molecule has 20 heavy (non-hydrogen) atoms. The zero-order valence-corrected chi connectivity index (χ0v) is 11.4. The molecule has 0 fully saturated rings. The highest BCUT2D eigenvalue weighted by molar-refractivity contribution is 5.75. The van der Waals surface area contributed by atoms with E-state index in [1.165, 1.54) is 18.0 Å². The van der Waals surface area contributed by atoms with Crippen LogP contribution in [0.5, 0.6) is 0 Å². The molecule has 1 heterocycles. The van der Waals surface area contributed by atoms with Gasteiger partial charge in [0.05, 0.1) is 7.11 Å². The third-order valence-corrected chi connectivity index (χ3v) is 2.70. The van der Waals surface area contributed by atoms with E-state index in [4.69, 9.17) is 0 Å². The molecule has 1 aromatic rings. The molecule has 0 bridgehead atoms. The summed E-state index contributed by atoms with van der Waals surface area (Å²) in [4.78, 5) is 11.5. The molecule has 8 heteroatoms. The Balaban J connectivity index is 2.58. The molecule has 114 valence electrons. The first kappa shape index (κ1) is 16.5. The average molecular weight is 293 g/mol. The first-order chi connectivity index (χ1) is 9.38. The Morgan fingerprint density at radius 2 is 2.25 bits per heavy atom. The Bertz CT molecular complexity index is 432. The molecule has 0 saturated carbocycles. The monoisotopic (exact) mass is 293 g/mol. The maximum atomic E-state index is 12.4. The minimum atomic E-state index is -4.45. The number of carbonyl (C=O) groups excluding carboxylic acids is 1. The van der Waals surface area contributed by atoms with Gasteiger partial charge in [0.2, 0.25) is 0 Å². The summed E-state index contributed by atoms with van der Waals surface area (Å²) < 4.78 is 43.0. The molecule has 1 rings (SSSR count). The van der Waals surface area contributed by atoms with E-state index in [0.717, 1.165) is 12.5 Å². The van der Waals surface area contributed by atoms with E-state index in [2.05, 4.69) is 15.2 Å². The number of alkyl halides is 3. The summed E-state index contributed by atoms with van der Waals surface area (Å²) in [5, 5.41) is 6.42. The molecule has 0 saturated heterocycles. The highest BCUT2D eigenvalue weighted by Crippen LogP contribution is 2.27. The molecule has 1 atom stereocenters. The fourth-order valence-corrected chi connectivity index (χ4v) is 1.66. The van der Waals surface area contributed by atoms with Crippen molar-refractivity contribution in [2.75, 3.05) is 13.7 Å². The van der Waals surface area contributed by atoms with E-state index >= 15 is 0 Å². The van der Waals surface area contributed by atoms with E-state index < -0.39 is 23.9 Å². The largest absolute Gasteiger partial charge is 0.468 e. The van der Waals surface area contributed by atoms with Crippen LogP contribution in [-0.4, -0.2) is 35.4 Å². The van der Waals surface area contributed by atoms with Crippen LogP contribution in [0.3, 0.4) is 0 Å². The second-order valence-electron chi connectivity index (χ2n) is 4.28. The number of hydrogen-bond acceptors (Lipinski definition) is 4. The van der Waals surface area contributed by atoms with Crippen molar-refractivity contribution in [3.63, 3.8) is 0 Å². The van der Waals surface area contributed by atoms with Crippen LogP contribution < -0.4 is 5.32 Å². The standard InChI is InChI=1S/C12H18F3N3O2/c1-3-6-16-9(11(19)20-2)4-7-18-8-5-10(17-18)12(13,14)15/h5,8-9,16H,3-4,6-7H2,1-2H3. The number of esters is 1. The molecule has 0 spiro atoms. The lowest BCUT2D eigenvalue weighted by molar-refractivity contribution is -0.144. The maximum Gasteiger partial charge on any atom is 0.435 e. The summed E-state index contributed by atoms with van der Waals surface area (Å²) in [6.07, 6.45) is -2.05. The van der Waals surface area contributed by atoms with Crippen molar-refractivity contribution in [2.45, 2.75) is 38.5 Å². The lowest BCUT2D eigenvalue weighted by Crippen LogP contribution is -2.38. The fourth-order valence-electron chi connectivity index (χ4n) is 1.66. The molecule has 1 N–H and O–H groups in total. The molecular formula is C12H18F3N3O2. The van der Waals surface area contributed by atoms with Crippen LogP contribution in [0.2, 0.25) is 0 Å². The summed E-state index contributed by atoms with van der Waals surface area (Å²) >= 11 is 0. The predicted octanol–water partition coefficient (Wildman–Crippen LogP) is 1.83. The number of methoxy groups -OCH3 is 1. The van der Waals surface area contributed by atoms with Gasteiger partial charge in [-0.3, -0.25) is 9.48 Å². The van der Waals surface area contributed by atoms with Crippen LogP contribution >= 0.6 is 0 Å². The average Bonchev–Trinajstić information content (AvgIpc) is 2.87. The zero-order chi connectivity index (χ0) is 15.2. The van der Waals surface area contributed by atoms with Crippen LogP contribution in [0.25, 0.3) is 0 Å². The van der Waals surface area contributed by atoms with E-state index in [1.54, 1.807) is 0 Å². The van der Waals surface area contributed by atoms with Crippen LogP contribution in [0.4, 0.5) is 13.2 Å². The lowest BCUT2D eigenvalue weighted by Gasteiger charge is -2.15. The molecule has 1 aromatic heterocycles. The van der Waals surface area contributed by atoms with Gasteiger partial charge in [-0.15, -0.1) is 0 Å². The Hall–Kier alpha value is -1.57. The van der Waals surface area contributed by atoms with Crippen LogP contribution in [0.15, 0.2) is 12.3 Å². The van der Waals surface area contributed by atoms with Gasteiger partial charge >= 0.3 is 12.1 Å². The van der Waals surface area contributed by atoms with Gasteiger partial charge in [-0.25, -0.2) is 0 Å². The summed E-state index contributed by atoms with van der Waals surface area (Å²) in [5.74, 6) is -0.429. The quantitative estimate of drug-likeness (QED) is 0.779. The Morgan fingerprint density at radius 1 is 1.55 bits per heavy atom. The van der Waals surface area contributed by atoms with Gasteiger partial charge in [-0.1, -0.05) is 6.92 Å². The van der Waals surface area contributed by atoms with E-state index in [1.807, 2.05) is 6.92 Å². The zero-order valence-electron chi connectivity index (χ0n) is 11.4. The Kier molecular flexibility index (Phi) is 6.00. The molecule has 5 nitrogen and oxygen atoms in total. The van der Waals surface area contributed by atoms with Gasteiger partial charge in [0, 0.05) is 12.7 Å². The number of nitrogens with one attached hydrogen (secondary N) is 1. The molecule has 1 unspecified atom stereocenters. The number of aromatic nitrogens is 2. The highest BCUT2D eigenvalue weighted by Gasteiger charge is 2.33. The van der Waals surface area contributed by atoms with Crippen molar-refractivity contribution in [1.29, 1.82) is 0 Å². The number of aryl methyl sites for hydroxylation is 1. The van der Waals surface area contributed by atoms with Gasteiger partial charge in [0.25, 0.3) is 0 Å². The van der Waals surface area contributed by atoms with Crippen LogP contribution in [-0.2, 0) is 22.3 Å². The SMILES string of the molecule is CCCNC(CCn1ccc(C(F)(F)F)n1)C(=O)OC. The number of hydrogen-bond donors (Lipinski definition) is 1. The van der Waals surface area contributed by atoms with Gasteiger partial charge in [-0.2, -0.15) is 18.3 Å². The Labute approximate surface area is 115 Å². The number of rotatable bonds is 7. The van der Waals surface area contributed by atoms with E-state index in [0.29, 0.717) is 13.0 Å². The van der Waals surface area contributed by atoms with Gasteiger partial charge < -0.3 is 10.1 Å². The number of nitrogens with zero attached hydrogens (tertiary/aromatic N) is 2. The molecule has 0 aliphatic rings. The molecular weight excluding hydrogens is 275 g/mol. The predicted molar refractivity (Wildman–Crippen MR) is 65.9 cm³/mol. The highest BCUT2D eigenvalue weighted by atomic mass is 19.4. The third-order valence-electron chi connectivity index (χ3n) is 2.70. The van der Waals surface area contributed by atoms with Crippen molar-refractivity contribution in [1.82, 2.24) is 15.1 Å². The topological polar surface area (TPSA) is 56.2 Å². The lowest BCUT2D eigenvalue weighted by atomic mass is 10.2. The minimum absolute atomic E-state index is 0.201. The van der Waals surface area contributed by atoms with Crippen molar-refractivity contribution < 1.29 is 22.7 Å². The molecule has 0 aliphatic heterocycles. The van der Waals surface area contributed by atoms with Gasteiger partial charge in [0.1, 0.15) is 6.04 Å². The minimum Gasteiger partial charge on any atom is -0.468 e. The molecule has 0 amide bonds. The number of carbonyl (C=O) groups is 1. The number of ether oxygens (including phenoxy) is 1. The van der Waals surface area contributed by atoms with E-state index in [9.17, 15) is 18.0 Å². The third kappa shape index (κ3) is 4.84. The van der Waals surface area contributed by atoms with Crippen molar-refractivity contribution in [2.24, 2.45) is 0 Å². The second-order valence-corrected chi connectivity index (χ2v) is 4.28. The first-order valence-corrected chi connectivity index (χ1v) is 6.30. The Morgan fingerprint density at radius 3 is 2.75 bits per heavy atom. The van der Waals surface area contributed by atoms with E-state index in [-0.39, 0.29) is 6.54 Å². The molecule has 0 radical (unpaired) electrons.